The number of nitrogens with zero attached hydrogens (tertiary/aromatic N) is 3. The average molecular weight is 470 g/mol. The van der Waals surface area contributed by atoms with Crippen molar-refractivity contribution in [3.63, 3.8) is 0 Å². The van der Waals surface area contributed by atoms with Crippen LogP contribution in [0.2, 0.25) is 0 Å². The summed E-state index contributed by atoms with van der Waals surface area (Å²) in [6.45, 7) is 4.48. The molecule has 0 unspecified atom stereocenters. The van der Waals surface area contributed by atoms with E-state index < -0.39 is 0 Å². The number of fused-ring (bicyclic) bond motifs is 1. The van der Waals surface area contributed by atoms with Crippen LogP contribution < -0.4 is 10.3 Å². The van der Waals surface area contributed by atoms with Crippen LogP contribution in [0.15, 0.2) is 93.2 Å². The van der Waals surface area contributed by atoms with Crippen molar-refractivity contribution in [2.75, 3.05) is 6.61 Å². The van der Waals surface area contributed by atoms with Gasteiger partial charge < -0.3 is 9.15 Å². The normalized spacial score (nSPS) is 11.1. The van der Waals surface area contributed by atoms with Gasteiger partial charge in [-0.25, -0.2) is 9.97 Å². The fourth-order valence-electron chi connectivity index (χ4n) is 3.69. The molecular formula is C27H23N3O3S. The SMILES string of the molecule is CCOc1ccc(-c2nc(CSc3nc4ccccc4c(=O)n3-c3ccccc3)c(C)o2)cc1. The summed E-state index contributed by atoms with van der Waals surface area (Å²) < 4.78 is 13.1. The predicted octanol–water partition coefficient (Wildman–Crippen LogP) is 6.04. The van der Waals surface area contributed by atoms with E-state index in [9.17, 15) is 4.79 Å². The number of rotatable bonds is 7. The minimum atomic E-state index is -0.0914. The Labute approximate surface area is 201 Å². The standard InChI is InChI=1S/C27H23N3O3S/c1-3-32-21-15-13-19(14-16-21)25-28-24(18(2)33-25)17-34-27-29-23-12-8-7-11-22(23)26(31)30(27)20-9-5-4-6-10-20/h4-16H,3,17H2,1-2H3. The highest BCUT2D eigenvalue weighted by molar-refractivity contribution is 7.98. The Morgan fingerprint density at radius 1 is 0.941 bits per heavy atom. The van der Waals surface area contributed by atoms with Gasteiger partial charge in [0.25, 0.3) is 5.56 Å². The van der Waals surface area contributed by atoms with Crippen molar-refractivity contribution < 1.29 is 9.15 Å². The van der Waals surface area contributed by atoms with Crippen molar-refractivity contribution in [3.8, 4) is 22.9 Å². The van der Waals surface area contributed by atoms with Crippen LogP contribution in [0.4, 0.5) is 0 Å². The number of oxazole rings is 1. The van der Waals surface area contributed by atoms with E-state index in [0.29, 0.717) is 34.3 Å². The molecule has 170 valence electrons. The number of aryl methyl sites for hydroxylation is 1. The summed E-state index contributed by atoms with van der Waals surface area (Å²) in [4.78, 5) is 22.9. The van der Waals surface area contributed by atoms with Gasteiger partial charge in [-0.3, -0.25) is 9.36 Å². The second kappa shape index (κ2) is 9.57. The maximum atomic E-state index is 13.4. The van der Waals surface area contributed by atoms with Crippen LogP contribution in [0.1, 0.15) is 18.4 Å². The first-order chi connectivity index (χ1) is 16.6. The Bertz CT molecular complexity index is 1490. The van der Waals surface area contributed by atoms with E-state index in [-0.39, 0.29) is 5.56 Å². The van der Waals surface area contributed by atoms with Crippen molar-refractivity contribution in [3.05, 3.63) is 101 Å². The van der Waals surface area contributed by atoms with Crippen molar-refractivity contribution in [2.45, 2.75) is 24.8 Å². The van der Waals surface area contributed by atoms with Gasteiger partial charge in [0.1, 0.15) is 11.5 Å². The van der Waals surface area contributed by atoms with Crippen LogP contribution >= 0.6 is 11.8 Å². The Kier molecular flexibility index (Phi) is 6.18. The molecule has 5 aromatic rings. The van der Waals surface area contributed by atoms with Crippen LogP contribution in [0.5, 0.6) is 5.75 Å². The lowest BCUT2D eigenvalue weighted by Crippen LogP contribution is -2.21. The Morgan fingerprint density at radius 2 is 1.68 bits per heavy atom. The Morgan fingerprint density at radius 3 is 2.44 bits per heavy atom. The summed E-state index contributed by atoms with van der Waals surface area (Å²) >= 11 is 1.47. The molecule has 0 saturated carbocycles. The van der Waals surface area contributed by atoms with Crippen molar-refractivity contribution in [1.82, 2.24) is 14.5 Å². The fourth-order valence-corrected chi connectivity index (χ4v) is 4.71. The summed E-state index contributed by atoms with van der Waals surface area (Å²) in [6, 6.07) is 24.7. The highest BCUT2D eigenvalue weighted by Gasteiger charge is 2.16. The number of aromatic nitrogens is 3. The van der Waals surface area contributed by atoms with Gasteiger partial charge in [0.2, 0.25) is 5.89 Å². The number of para-hydroxylation sites is 2. The van der Waals surface area contributed by atoms with Gasteiger partial charge in [-0.15, -0.1) is 0 Å². The van der Waals surface area contributed by atoms with Crippen molar-refractivity contribution >= 4 is 22.7 Å². The molecule has 5 rings (SSSR count). The quantitative estimate of drug-likeness (QED) is 0.214. The molecule has 0 bridgehead atoms. The summed E-state index contributed by atoms with van der Waals surface area (Å²) in [5, 5.41) is 1.20. The average Bonchev–Trinajstić information content (AvgIpc) is 3.24. The Balaban J connectivity index is 1.47. The highest BCUT2D eigenvalue weighted by Crippen LogP contribution is 2.29. The van der Waals surface area contributed by atoms with E-state index in [2.05, 4.69) is 0 Å². The van der Waals surface area contributed by atoms with Gasteiger partial charge in [0.05, 0.1) is 28.9 Å². The van der Waals surface area contributed by atoms with Gasteiger partial charge >= 0.3 is 0 Å². The fraction of sp³-hybridized carbons (Fsp3) is 0.148. The number of hydrogen-bond acceptors (Lipinski definition) is 6. The lowest BCUT2D eigenvalue weighted by atomic mass is 10.2. The highest BCUT2D eigenvalue weighted by atomic mass is 32.2. The van der Waals surface area contributed by atoms with Crippen molar-refractivity contribution in [2.24, 2.45) is 0 Å². The van der Waals surface area contributed by atoms with Gasteiger partial charge in [0.15, 0.2) is 5.16 Å². The molecule has 0 saturated heterocycles. The number of thioether (sulfide) groups is 1. The second-order valence-electron chi connectivity index (χ2n) is 7.66. The second-order valence-corrected chi connectivity index (χ2v) is 8.60. The van der Waals surface area contributed by atoms with Crippen LogP contribution in [-0.2, 0) is 5.75 Å². The first kappa shape index (κ1) is 22.0. The minimum Gasteiger partial charge on any atom is -0.494 e. The first-order valence-corrected chi connectivity index (χ1v) is 12.0. The zero-order chi connectivity index (χ0) is 23.5. The topological polar surface area (TPSA) is 70.2 Å². The molecule has 0 spiro atoms. The molecule has 3 aromatic carbocycles. The summed E-state index contributed by atoms with van der Waals surface area (Å²) in [5.74, 6) is 2.63. The van der Waals surface area contributed by atoms with Crippen LogP contribution in [0, 0.1) is 6.92 Å². The maximum absolute atomic E-state index is 13.4. The number of hydrogen-bond donors (Lipinski definition) is 0. The van der Waals surface area contributed by atoms with E-state index in [0.717, 1.165) is 28.5 Å². The molecule has 0 radical (unpaired) electrons. The molecule has 0 amide bonds. The summed E-state index contributed by atoms with van der Waals surface area (Å²) in [7, 11) is 0. The lowest BCUT2D eigenvalue weighted by molar-refractivity contribution is 0.340. The van der Waals surface area contributed by atoms with E-state index in [1.165, 1.54) is 11.8 Å². The van der Waals surface area contributed by atoms with E-state index in [4.69, 9.17) is 19.1 Å². The molecular weight excluding hydrogens is 446 g/mol. The summed E-state index contributed by atoms with van der Waals surface area (Å²) in [6.07, 6.45) is 0. The lowest BCUT2D eigenvalue weighted by Gasteiger charge is -2.12. The molecule has 0 aliphatic carbocycles. The van der Waals surface area contributed by atoms with Gasteiger partial charge in [-0.05, 0) is 62.4 Å². The third-order valence-corrected chi connectivity index (χ3v) is 6.35. The third kappa shape index (κ3) is 4.34. The Hall–Kier alpha value is -3.84. The molecule has 2 heterocycles. The molecule has 0 N–H and O–H groups in total. The van der Waals surface area contributed by atoms with E-state index in [1.54, 1.807) is 4.57 Å². The minimum absolute atomic E-state index is 0.0914. The van der Waals surface area contributed by atoms with Crippen LogP contribution in [-0.4, -0.2) is 21.1 Å². The summed E-state index contributed by atoms with van der Waals surface area (Å²) in [5.41, 5.74) is 3.06. The molecule has 6 nitrogen and oxygen atoms in total. The molecule has 7 heteroatoms. The number of benzene rings is 3. The van der Waals surface area contributed by atoms with Crippen LogP contribution in [0.3, 0.4) is 0 Å². The third-order valence-electron chi connectivity index (χ3n) is 5.40. The monoisotopic (exact) mass is 469 g/mol. The van der Waals surface area contributed by atoms with E-state index in [1.807, 2.05) is 92.7 Å². The molecule has 0 aliphatic heterocycles. The van der Waals surface area contributed by atoms with E-state index >= 15 is 0 Å². The molecule has 0 fully saturated rings. The smallest absolute Gasteiger partial charge is 0.266 e. The molecule has 0 atom stereocenters. The molecule has 0 aliphatic rings. The first-order valence-electron chi connectivity index (χ1n) is 11.0. The van der Waals surface area contributed by atoms with Gasteiger partial charge in [-0.1, -0.05) is 42.1 Å². The maximum Gasteiger partial charge on any atom is 0.266 e. The number of ether oxygens (including phenoxy) is 1. The molecule has 34 heavy (non-hydrogen) atoms. The van der Waals surface area contributed by atoms with Gasteiger partial charge in [-0.2, -0.15) is 0 Å². The molecule has 2 aromatic heterocycles. The zero-order valence-electron chi connectivity index (χ0n) is 18.9. The van der Waals surface area contributed by atoms with Gasteiger partial charge in [0, 0.05) is 11.3 Å². The largest absolute Gasteiger partial charge is 0.494 e. The predicted molar refractivity (Wildman–Crippen MR) is 135 cm³/mol. The van der Waals surface area contributed by atoms with Crippen LogP contribution in [0.25, 0.3) is 28.0 Å². The van der Waals surface area contributed by atoms with Crippen molar-refractivity contribution in [1.29, 1.82) is 0 Å². The zero-order valence-corrected chi connectivity index (χ0v) is 19.7.